The lowest BCUT2D eigenvalue weighted by Crippen LogP contribution is -2.21. The van der Waals surface area contributed by atoms with Crippen molar-refractivity contribution < 1.29 is 9.53 Å². The number of nitrogens with one attached hydrogen (secondary N) is 2. The highest BCUT2D eigenvalue weighted by molar-refractivity contribution is 7.80. The van der Waals surface area contributed by atoms with Gasteiger partial charge >= 0.3 is 5.97 Å². The summed E-state index contributed by atoms with van der Waals surface area (Å²) in [6.07, 6.45) is 0.908. The maximum Gasteiger partial charge on any atom is 0.340 e. The SMILES string of the molecule is CCOC(=O)c1ccccc1NC(=S)Nc1ccccc1CC. The molecule has 0 atom stereocenters. The molecule has 0 saturated carbocycles. The third-order valence-corrected chi connectivity index (χ3v) is 3.52. The molecule has 23 heavy (non-hydrogen) atoms. The van der Waals surface area contributed by atoms with Crippen LogP contribution in [-0.2, 0) is 11.2 Å². The van der Waals surface area contributed by atoms with Gasteiger partial charge in [-0.05, 0) is 49.3 Å². The molecule has 2 aromatic rings. The summed E-state index contributed by atoms with van der Waals surface area (Å²) in [5, 5.41) is 6.68. The number of hydrogen-bond acceptors (Lipinski definition) is 3. The number of benzene rings is 2. The van der Waals surface area contributed by atoms with Gasteiger partial charge in [0.1, 0.15) is 0 Å². The minimum Gasteiger partial charge on any atom is -0.462 e. The molecule has 0 aliphatic carbocycles. The summed E-state index contributed by atoms with van der Waals surface area (Å²) < 4.78 is 5.06. The fourth-order valence-corrected chi connectivity index (χ4v) is 2.43. The van der Waals surface area contributed by atoms with Crippen molar-refractivity contribution in [2.45, 2.75) is 20.3 Å². The van der Waals surface area contributed by atoms with Crippen molar-refractivity contribution in [3.05, 3.63) is 59.7 Å². The zero-order valence-electron chi connectivity index (χ0n) is 13.3. The predicted molar refractivity (Wildman–Crippen MR) is 98.1 cm³/mol. The molecule has 0 saturated heterocycles. The van der Waals surface area contributed by atoms with E-state index in [-0.39, 0.29) is 5.97 Å². The first kappa shape index (κ1) is 17.0. The molecule has 0 heterocycles. The number of ether oxygens (including phenoxy) is 1. The van der Waals surface area contributed by atoms with Gasteiger partial charge in [0.15, 0.2) is 5.11 Å². The smallest absolute Gasteiger partial charge is 0.340 e. The number of esters is 1. The fraction of sp³-hybridized carbons (Fsp3) is 0.222. The summed E-state index contributed by atoms with van der Waals surface area (Å²) in [6.45, 7) is 4.20. The molecule has 0 unspecified atom stereocenters. The third kappa shape index (κ3) is 4.53. The van der Waals surface area contributed by atoms with E-state index in [2.05, 4.69) is 23.6 Å². The molecule has 0 spiro atoms. The number of carbonyl (C=O) groups is 1. The molecule has 2 N–H and O–H groups in total. The van der Waals surface area contributed by atoms with Crippen LogP contribution < -0.4 is 10.6 Å². The Hall–Kier alpha value is -2.40. The van der Waals surface area contributed by atoms with Gasteiger partial charge in [-0.3, -0.25) is 0 Å². The van der Waals surface area contributed by atoms with Crippen LogP contribution in [0.1, 0.15) is 29.8 Å². The van der Waals surface area contributed by atoms with Crippen molar-refractivity contribution in [3.63, 3.8) is 0 Å². The Morgan fingerprint density at radius 3 is 2.30 bits per heavy atom. The largest absolute Gasteiger partial charge is 0.462 e. The van der Waals surface area contributed by atoms with Crippen LogP contribution in [0.5, 0.6) is 0 Å². The highest BCUT2D eigenvalue weighted by atomic mass is 32.1. The molecular formula is C18H20N2O2S. The molecule has 2 aromatic carbocycles. The van der Waals surface area contributed by atoms with Gasteiger partial charge in [-0.1, -0.05) is 37.3 Å². The molecule has 0 aliphatic rings. The lowest BCUT2D eigenvalue weighted by molar-refractivity contribution is 0.0527. The van der Waals surface area contributed by atoms with Crippen LogP contribution in [0.3, 0.4) is 0 Å². The van der Waals surface area contributed by atoms with E-state index < -0.39 is 0 Å². The molecule has 0 aliphatic heterocycles. The quantitative estimate of drug-likeness (QED) is 0.635. The van der Waals surface area contributed by atoms with Gasteiger partial charge < -0.3 is 15.4 Å². The van der Waals surface area contributed by atoms with Crippen molar-refractivity contribution in [2.75, 3.05) is 17.2 Å². The molecule has 0 amide bonds. The van der Waals surface area contributed by atoms with E-state index in [0.29, 0.717) is 23.0 Å². The van der Waals surface area contributed by atoms with E-state index in [9.17, 15) is 4.79 Å². The lowest BCUT2D eigenvalue weighted by Gasteiger charge is -2.15. The normalized spacial score (nSPS) is 10.0. The summed E-state index contributed by atoms with van der Waals surface area (Å²) >= 11 is 5.36. The lowest BCUT2D eigenvalue weighted by atomic mass is 10.1. The van der Waals surface area contributed by atoms with E-state index in [0.717, 1.165) is 12.1 Å². The average Bonchev–Trinajstić information content (AvgIpc) is 2.56. The first-order valence-corrected chi connectivity index (χ1v) is 7.98. The zero-order chi connectivity index (χ0) is 16.7. The van der Waals surface area contributed by atoms with Crippen LogP contribution in [0, 0.1) is 0 Å². The first-order valence-electron chi connectivity index (χ1n) is 7.57. The molecule has 0 aromatic heterocycles. The Bertz CT molecular complexity index is 701. The van der Waals surface area contributed by atoms with Crippen LogP contribution in [0.15, 0.2) is 48.5 Å². The summed E-state index contributed by atoms with van der Waals surface area (Å²) in [4.78, 5) is 12.0. The molecule has 120 valence electrons. The summed E-state index contributed by atoms with van der Waals surface area (Å²) in [5.41, 5.74) is 3.22. The van der Waals surface area contributed by atoms with E-state index in [1.54, 1.807) is 25.1 Å². The number of para-hydroxylation sites is 2. The van der Waals surface area contributed by atoms with Crippen LogP contribution in [0.25, 0.3) is 0 Å². The van der Waals surface area contributed by atoms with E-state index >= 15 is 0 Å². The van der Waals surface area contributed by atoms with Gasteiger partial charge in [-0.15, -0.1) is 0 Å². The Kier molecular flexibility index (Phi) is 6.11. The van der Waals surface area contributed by atoms with Gasteiger partial charge in [0.05, 0.1) is 17.9 Å². The number of thiocarbonyl (C=S) groups is 1. The second kappa shape index (κ2) is 8.29. The monoisotopic (exact) mass is 328 g/mol. The van der Waals surface area contributed by atoms with Gasteiger partial charge in [0, 0.05) is 5.69 Å². The van der Waals surface area contributed by atoms with Gasteiger partial charge in [0.2, 0.25) is 0 Å². The average molecular weight is 328 g/mol. The Balaban J connectivity index is 2.13. The van der Waals surface area contributed by atoms with Crippen molar-refractivity contribution in [2.24, 2.45) is 0 Å². The Morgan fingerprint density at radius 1 is 1.00 bits per heavy atom. The molecule has 4 nitrogen and oxygen atoms in total. The Morgan fingerprint density at radius 2 is 1.61 bits per heavy atom. The topological polar surface area (TPSA) is 50.4 Å². The zero-order valence-corrected chi connectivity index (χ0v) is 14.1. The molecule has 5 heteroatoms. The summed E-state index contributed by atoms with van der Waals surface area (Å²) in [5.74, 6) is -0.368. The number of hydrogen-bond donors (Lipinski definition) is 2. The molecular weight excluding hydrogens is 308 g/mol. The van der Waals surface area contributed by atoms with Crippen LogP contribution in [0.4, 0.5) is 11.4 Å². The Labute approximate surface area is 141 Å². The maximum atomic E-state index is 12.0. The second-order valence-corrected chi connectivity index (χ2v) is 5.26. The van der Waals surface area contributed by atoms with Crippen LogP contribution in [0.2, 0.25) is 0 Å². The highest BCUT2D eigenvalue weighted by Gasteiger charge is 2.13. The number of aryl methyl sites for hydroxylation is 1. The maximum absolute atomic E-state index is 12.0. The summed E-state index contributed by atoms with van der Waals surface area (Å²) in [6, 6.07) is 15.1. The van der Waals surface area contributed by atoms with E-state index in [1.165, 1.54) is 5.56 Å². The van der Waals surface area contributed by atoms with E-state index in [1.807, 2.05) is 24.3 Å². The molecule has 2 rings (SSSR count). The predicted octanol–water partition coefficient (Wildman–Crippen LogP) is 4.23. The minimum absolute atomic E-state index is 0.333. The van der Waals surface area contributed by atoms with Gasteiger partial charge in [0.25, 0.3) is 0 Å². The van der Waals surface area contributed by atoms with Crippen molar-refractivity contribution in [3.8, 4) is 0 Å². The van der Waals surface area contributed by atoms with Gasteiger partial charge in [-0.25, -0.2) is 4.79 Å². The first-order chi connectivity index (χ1) is 11.2. The van der Waals surface area contributed by atoms with Crippen molar-refractivity contribution in [1.29, 1.82) is 0 Å². The minimum atomic E-state index is -0.368. The number of carbonyl (C=O) groups excluding carboxylic acids is 1. The van der Waals surface area contributed by atoms with Crippen LogP contribution in [-0.4, -0.2) is 17.7 Å². The third-order valence-electron chi connectivity index (χ3n) is 3.32. The molecule has 0 bridgehead atoms. The molecule has 0 fully saturated rings. The van der Waals surface area contributed by atoms with Crippen molar-refractivity contribution in [1.82, 2.24) is 0 Å². The highest BCUT2D eigenvalue weighted by Crippen LogP contribution is 2.19. The van der Waals surface area contributed by atoms with Crippen LogP contribution >= 0.6 is 12.2 Å². The second-order valence-electron chi connectivity index (χ2n) is 4.86. The fourth-order valence-electron chi connectivity index (χ4n) is 2.21. The van der Waals surface area contributed by atoms with Crippen molar-refractivity contribution >= 4 is 34.7 Å². The molecule has 0 radical (unpaired) electrons. The van der Waals surface area contributed by atoms with Gasteiger partial charge in [-0.2, -0.15) is 0 Å². The summed E-state index contributed by atoms with van der Waals surface area (Å²) in [7, 11) is 0. The number of anilines is 2. The standard InChI is InChI=1S/C18H20N2O2S/c1-3-13-9-5-7-11-15(13)19-18(23)20-16-12-8-6-10-14(16)17(21)22-4-2/h5-12H,3-4H2,1-2H3,(H2,19,20,23). The number of rotatable bonds is 5. The van der Waals surface area contributed by atoms with E-state index in [4.69, 9.17) is 17.0 Å².